The number of benzene rings is 2. The van der Waals surface area contributed by atoms with Crippen molar-refractivity contribution in [1.29, 1.82) is 0 Å². The van der Waals surface area contributed by atoms with E-state index < -0.39 is 0 Å². The number of aryl methyl sites for hydroxylation is 1. The maximum Gasteiger partial charge on any atom is 0.321 e. The maximum atomic E-state index is 13.0. The predicted molar refractivity (Wildman–Crippen MR) is 133 cm³/mol. The van der Waals surface area contributed by atoms with Gasteiger partial charge in [0.2, 0.25) is 0 Å². The Morgan fingerprint density at radius 3 is 2.76 bits per heavy atom. The number of hydrogen-bond acceptors (Lipinski definition) is 3. The third kappa shape index (κ3) is 6.44. The molecule has 1 N–H and O–H groups in total. The van der Waals surface area contributed by atoms with Gasteiger partial charge in [-0.2, -0.15) is 0 Å². The van der Waals surface area contributed by atoms with E-state index in [1.165, 1.54) is 17.7 Å². The van der Waals surface area contributed by atoms with E-state index in [2.05, 4.69) is 29.4 Å². The number of halogens is 1. The molecular weight excluding hydrogens is 429 g/mol. The zero-order valence-electron chi connectivity index (χ0n) is 19.6. The van der Waals surface area contributed by atoms with Gasteiger partial charge in [-0.15, -0.1) is 0 Å². The lowest BCUT2D eigenvalue weighted by molar-refractivity contribution is 0.198. The number of rotatable bonds is 6. The molecule has 0 radical (unpaired) electrons. The number of pyridine rings is 1. The summed E-state index contributed by atoms with van der Waals surface area (Å²) in [5.41, 5.74) is 5.08. The minimum Gasteiger partial charge on any atom is -0.493 e. The van der Waals surface area contributed by atoms with Gasteiger partial charge in [0.15, 0.2) is 0 Å². The van der Waals surface area contributed by atoms with E-state index in [9.17, 15) is 9.18 Å². The van der Waals surface area contributed by atoms with Crippen LogP contribution in [0.2, 0.25) is 0 Å². The highest BCUT2D eigenvalue weighted by molar-refractivity contribution is 5.89. The Morgan fingerprint density at radius 1 is 1.21 bits per heavy atom. The molecule has 5 nitrogen and oxygen atoms in total. The number of nitrogens with zero attached hydrogens (tertiary/aromatic N) is 2. The van der Waals surface area contributed by atoms with E-state index in [4.69, 9.17) is 4.74 Å². The standard InChI is InChI=1S/C28H30FN3O2/c1-20-19-32(28(33)31-26-11-6-21(2)30-18-26)14-12-24(20)16-23-4-3-5-27(17-23)34-15-13-22-7-9-25(29)10-8-22/h3-11,16-18,20H,12-15,19H2,1-2H3,(H,31,33). The van der Waals surface area contributed by atoms with Crippen molar-refractivity contribution in [3.05, 3.63) is 95.1 Å². The quantitative estimate of drug-likeness (QED) is 0.484. The largest absolute Gasteiger partial charge is 0.493 e. The van der Waals surface area contributed by atoms with Crippen molar-refractivity contribution in [2.24, 2.45) is 5.92 Å². The van der Waals surface area contributed by atoms with Gasteiger partial charge in [-0.05, 0) is 66.8 Å². The first-order valence-corrected chi connectivity index (χ1v) is 11.6. The number of piperidine rings is 1. The molecule has 34 heavy (non-hydrogen) atoms. The van der Waals surface area contributed by atoms with Crippen LogP contribution in [0.5, 0.6) is 5.75 Å². The minimum absolute atomic E-state index is 0.0897. The zero-order valence-corrected chi connectivity index (χ0v) is 19.6. The summed E-state index contributed by atoms with van der Waals surface area (Å²) in [5.74, 6) is 0.848. The van der Waals surface area contributed by atoms with Gasteiger partial charge in [0.05, 0.1) is 18.5 Å². The van der Waals surface area contributed by atoms with E-state index in [0.717, 1.165) is 35.4 Å². The highest BCUT2D eigenvalue weighted by atomic mass is 19.1. The Morgan fingerprint density at radius 2 is 2.03 bits per heavy atom. The number of urea groups is 1. The fraction of sp³-hybridized carbons (Fsp3) is 0.286. The van der Waals surface area contributed by atoms with Crippen molar-refractivity contribution in [3.63, 3.8) is 0 Å². The number of carbonyl (C=O) groups is 1. The lowest BCUT2D eigenvalue weighted by Gasteiger charge is -2.33. The summed E-state index contributed by atoms with van der Waals surface area (Å²) in [7, 11) is 0. The average Bonchev–Trinajstić information content (AvgIpc) is 2.83. The summed E-state index contributed by atoms with van der Waals surface area (Å²) < 4.78 is 19.0. The second kappa shape index (κ2) is 11.0. The molecule has 4 rings (SSSR count). The van der Waals surface area contributed by atoms with Crippen LogP contribution in [-0.4, -0.2) is 35.6 Å². The van der Waals surface area contributed by atoms with Crippen LogP contribution in [0.25, 0.3) is 6.08 Å². The molecule has 2 aromatic carbocycles. The topological polar surface area (TPSA) is 54.5 Å². The van der Waals surface area contributed by atoms with Crippen LogP contribution < -0.4 is 10.1 Å². The molecular formula is C28H30FN3O2. The number of anilines is 1. The van der Waals surface area contributed by atoms with E-state index in [-0.39, 0.29) is 17.8 Å². The molecule has 0 saturated carbocycles. The summed E-state index contributed by atoms with van der Waals surface area (Å²) in [4.78, 5) is 18.7. The Hall–Kier alpha value is -3.67. The predicted octanol–water partition coefficient (Wildman–Crippen LogP) is 6.11. The molecule has 6 heteroatoms. The molecule has 0 bridgehead atoms. The van der Waals surface area contributed by atoms with Crippen molar-refractivity contribution in [3.8, 4) is 5.75 Å². The second-order valence-electron chi connectivity index (χ2n) is 8.73. The molecule has 1 saturated heterocycles. The van der Waals surface area contributed by atoms with Crippen LogP contribution >= 0.6 is 0 Å². The van der Waals surface area contributed by atoms with E-state index in [1.807, 2.05) is 42.2 Å². The Labute approximate surface area is 200 Å². The number of ether oxygens (including phenoxy) is 1. The highest BCUT2D eigenvalue weighted by Crippen LogP contribution is 2.26. The first kappa shape index (κ1) is 23.5. The smallest absolute Gasteiger partial charge is 0.321 e. The van der Waals surface area contributed by atoms with Crippen molar-refractivity contribution >= 4 is 17.8 Å². The van der Waals surface area contributed by atoms with Gasteiger partial charge in [0, 0.05) is 25.2 Å². The Kier molecular flexibility index (Phi) is 7.58. The number of likely N-dealkylation sites (tertiary alicyclic amines) is 1. The number of amides is 2. The maximum absolute atomic E-state index is 13.0. The van der Waals surface area contributed by atoms with Gasteiger partial charge in [-0.25, -0.2) is 9.18 Å². The van der Waals surface area contributed by atoms with Crippen LogP contribution in [-0.2, 0) is 6.42 Å². The van der Waals surface area contributed by atoms with E-state index in [1.54, 1.807) is 18.3 Å². The third-order valence-electron chi connectivity index (χ3n) is 6.03. The number of hydrogen-bond donors (Lipinski definition) is 1. The van der Waals surface area contributed by atoms with E-state index >= 15 is 0 Å². The molecule has 2 amide bonds. The van der Waals surface area contributed by atoms with Crippen molar-refractivity contribution in [2.75, 3.05) is 25.0 Å². The molecule has 1 aliphatic heterocycles. The number of nitrogens with one attached hydrogen (secondary N) is 1. The Bertz CT molecular complexity index is 1140. The van der Waals surface area contributed by atoms with Gasteiger partial charge in [0.1, 0.15) is 11.6 Å². The van der Waals surface area contributed by atoms with Crippen LogP contribution in [0.15, 0.2) is 72.4 Å². The minimum atomic E-state index is -0.227. The van der Waals surface area contributed by atoms with Crippen molar-refractivity contribution in [1.82, 2.24) is 9.88 Å². The summed E-state index contributed by atoms with van der Waals surface area (Å²) in [6, 6.07) is 18.2. The SMILES string of the molecule is Cc1ccc(NC(=O)N2CCC(=Cc3cccc(OCCc4ccc(F)cc4)c3)C(C)C2)cn1. The highest BCUT2D eigenvalue weighted by Gasteiger charge is 2.24. The molecule has 2 heterocycles. The molecule has 3 aromatic rings. The van der Waals surface area contributed by atoms with Crippen LogP contribution in [0.3, 0.4) is 0 Å². The molecule has 1 fully saturated rings. The fourth-order valence-corrected chi connectivity index (χ4v) is 4.04. The summed E-state index contributed by atoms with van der Waals surface area (Å²) >= 11 is 0. The van der Waals surface area contributed by atoms with Gasteiger partial charge in [-0.3, -0.25) is 4.98 Å². The van der Waals surface area contributed by atoms with Crippen molar-refractivity contribution in [2.45, 2.75) is 26.7 Å². The lowest BCUT2D eigenvalue weighted by Crippen LogP contribution is -2.42. The van der Waals surface area contributed by atoms with Gasteiger partial charge < -0.3 is 15.0 Å². The summed E-state index contributed by atoms with van der Waals surface area (Å²) in [5, 5.41) is 2.94. The number of aromatic nitrogens is 1. The van der Waals surface area contributed by atoms with Crippen LogP contribution in [0.4, 0.5) is 14.9 Å². The fourth-order valence-electron chi connectivity index (χ4n) is 4.04. The number of carbonyl (C=O) groups excluding carboxylic acids is 1. The van der Waals surface area contributed by atoms with Crippen LogP contribution in [0, 0.1) is 18.7 Å². The summed E-state index contributed by atoms with van der Waals surface area (Å²) in [6.45, 7) is 5.95. The van der Waals surface area contributed by atoms with Gasteiger partial charge in [0.25, 0.3) is 0 Å². The first-order chi connectivity index (χ1) is 16.5. The first-order valence-electron chi connectivity index (χ1n) is 11.6. The molecule has 1 unspecified atom stereocenters. The molecule has 1 aliphatic rings. The monoisotopic (exact) mass is 459 g/mol. The zero-order chi connectivity index (χ0) is 23.9. The Balaban J connectivity index is 1.31. The second-order valence-corrected chi connectivity index (χ2v) is 8.73. The molecule has 176 valence electrons. The molecule has 0 aliphatic carbocycles. The van der Waals surface area contributed by atoms with Crippen molar-refractivity contribution < 1.29 is 13.9 Å². The summed E-state index contributed by atoms with van der Waals surface area (Å²) in [6.07, 6.45) is 5.44. The van der Waals surface area contributed by atoms with Gasteiger partial charge in [-0.1, -0.05) is 42.8 Å². The average molecular weight is 460 g/mol. The molecule has 0 spiro atoms. The van der Waals surface area contributed by atoms with E-state index in [0.29, 0.717) is 25.4 Å². The van der Waals surface area contributed by atoms with Crippen LogP contribution in [0.1, 0.15) is 30.2 Å². The normalized spacial score (nSPS) is 17.0. The molecule has 1 atom stereocenters. The third-order valence-corrected chi connectivity index (χ3v) is 6.03. The molecule has 1 aromatic heterocycles. The van der Waals surface area contributed by atoms with Gasteiger partial charge >= 0.3 is 6.03 Å². The lowest BCUT2D eigenvalue weighted by atomic mass is 9.91.